The third-order valence-corrected chi connectivity index (χ3v) is 2.35. The van der Waals surface area contributed by atoms with Crippen LogP contribution in [-0.2, 0) is 14.3 Å². The Labute approximate surface area is 77.8 Å². The van der Waals surface area contributed by atoms with Crippen molar-refractivity contribution in [2.75, 3.05) is 7.11 Å². The van der Waals surface area contributed by atoms with Crippen molar-refractivity contribution in [2.45, 2.75) is 19.3 Å². The van der Waals surface area contributed by atoms with Crippen LogP contribution in [0.5, 0.6) is 0 Å². The predicted molar refractivity (Wildman–Crippen MR) is 48.1 cm³/mol. The molecule has 1 rings (SSSR count). The molecular weight excluding hydrogens is 168 g/mol. The predicted octanol–water partition coefficient (Wildman–Crippen LogP) is 1.33. The van der Waals surface area contributed by atoms with Crippen LogP contribution in [0.15, 0.2) is 12.2 Å². The van der Waals surface area contributed by atoms with Gasteiger partial charge in [0.25, 0.3) is 0 Å². The Kier molecular flexibility index (Phi) is 3.68. The molecular formula is C10H14O3. The molecule has 72 valence electrons. The number of ether oxygens (including phenoxy) is 1. The van der Waals surface area contributed by atoms with Crippen LogP contribution in [-0.4, -0.2) is 19.4 Å². The number of aldehydes is 1. The van der Waals surface area contributed by atoms with Crippen LogP contribution in [0.1, 0.15) is 19.3 Å². The first-order valence-electron chi connectivity index (χ1n) is 4.46. The van der Waals surface area contributed by atoms with Crippen molar-refractivity contribution in [1.82, 2.24) is 0 Å². The number of rotatable bonds is 3. The average Bonchev–Trinajstić information content (AvgIpc) is 2.18. The molecule has 13 heavy (non-hydrogen) atoms. The highest BCUT2D eigenvalue weighted by molar-refractivity contribution is 5.72. The standard InChI is InChI=1S/C10H14O3/c1-13-10(12)9-4-2-3-8(7-9)5-6-11/h2-3,6,8-9H,4-5,7H2,1H3. The highest BCUT2D eigenvalue weighted by Gasteiger charge is 2.24. The first-order chi connectivity index (χ1) is 6.27. The molecule has 1 aliphatic rings. The van der Waals surface area contributed by atoms with E-state index in [1.807, 2.05) is 12.2 Å². The lowest BCUT2D eigenvalue weighted by Gasteiger charge is -2.21. The molecule has 2 unspecified atom stereocenters. The van der Waals surface area contributed by atoms with E-state index in [9.17, 15) is 9.59 Å². The fraction of sp³-hybridized carbons (Fsp3) is 0.600. The quantitative estimate of drug-likeness (QED) is 0.375. The van der Waals surface area contributed by atoms with Gasteiger partial charge in [0.05, 0.1) is 13.0 Å². The van der Waals surface area contributed by atoms with Crippen molar-refractivity contribution in [3.05, 3.63) is 12.2 Å². The smallest absolute Gasteiger partial charge is 0.308 e. The van der Waals surface area contributed by atoms with E-state index in [-0.39, 0.29) is 17.8 Å². The molecule has 0 bridgehead atoms. The fourth-order valence-corrected chi connectivity index (χ4v) is 1.63. The number of methoxy groups -OCH3 is 1. The van der Waals surface area contributed by atoms with Gasteiger partial charge in [-0.05, 0) is 18.8 Å². The van der Waals surface area contributed by atoms with Gasteiger partial charge in [-0.15, -0.1) is 0 Å². The Morgan fingerprint density at radius 3 is 3.08 bits per heavy atom. The van der Waals surface area contributed by atoms with Crippen LogP contribution in [0, 0.1) is 11.8 Å². The van der Waals surface area contributed by atoms with Crippen molar-refractivity contribution < 1.29 is 14.3 Å². The van der Waals surface area contributed by atoms with Gasteiger partial charge in [-0.2, -0.15) is 0 Å². The average molecular weight is 182 g/mol. The summed E-state index contributed by atoms with van der Waals surface area (Å²) < 4.78 is 4.65. The van der Waals surface area contributed by atoms with Crippen LogP contribution in [0.2, 0.25) is 0 Å². The van der Waals surface area contributed by atoms with E-state index in [0.29, 0.717) is 6.42 Å². The van der Waals surface area contributed by atoms with E-state index in [2.05, 4.69) is 4.74 Å². The first-order valence-corrected chi connectivity index (χ1v) is 4.46. The van der Waals surface area contributed by atoms with Crippen molar-refractivity contribution in [2.24, 2.45) is 11.8 Å². The van der Waals surface area contributed by atoms with E-state index in [1.165, 1.54) is 7.11 Å². The molecule has 0 saturated carbocycles. The van der Waals surface area contributed by atoms with Gasteiger partial charge in [0.1, 0.15) is 6.29 Å². The molecule has 0 radical (unpaired) electrons. The van der Waals surface area contributed by atoms with Gasteiger partial charge in [0.2, 0.25) is 0 Å². The van der Waals surface area contributed by atoms with Crippen molar-refractivity contribution in [3.8, 4) is 0 Å². The molecule has 0 aromatic heterocycles. The molecule has 3 nitrogen and oxygen atoms in total. The van der Waals surface area contributed by atoms with Gasteiger partial charge in [-0.3, -0.25) is 4.79 Å². The largest absolute Gasteiger partial charge is 0.469 e. The molecule has 0 saturated heterocycles. The summed E-state index contributed by atoms with van der Waals surface area (Å²) in [5.41, 5.74) is 0. The number of hydrogen-bond acceptors (Lipinski definition) is 3. The second-order valence-electron chi connectivity index (χ2n) is 3.28. The van der Waals surface area contributed by atoms with Gasteiger partial charge in [-0.25, -0.2) is 0 Å². The Morgan fingerprint density at radius 2 is 2.46 bits per heavy atom. The lowest BCUT2D eigenvalue weighted by atomic mass is 9.85. The van der Waals surface area contributed by atoms with Gasteiger partial charge in [0, 0.05) is 6.42 Å². The number of esters is 1. The normalized spacial score (nSPS) is 26.8. The summed E-state index contributed by atoms with van der Waals surface area (Å²) in [4.78, 5) is 21.4. The maximum absolute atomic E-state index is 11.2. The molecule has 0 fully saturated rings. The molecule has 0 aromatic carbocycles. The summed E-state index contributed by atoms with van der Waals surface area (Å²) in [7, 11) is 1.40. The van der Waals surface area contributed by atoms with Crippen LogP contribution in [0.4, 0.5) is 0 Å². The monoisotopic (exact) mass is 182 g/mol. The van der Waals surface area contributed by atoms with Crippen LogP contribution < -0.4 is 0 Å². The summed E-state index contributed by atoms with van der Waals surface area (Å²) in [5.74, 6) is -0.00412. The van der Waals surface area contributed by atoms with Crippen LogP contribution in [0.25, 0.3) is 0 Å². The summed E-state index contributed by atoms with van der Waals surface area (Å²) in [6, 6.07) is 0. The zero-order valence-electron chi connectivity index (χ0n) is 7.73. The lowest BCUT2D eigenvalue weighted by molar-refractivity contribution is -0.146. The number of allylic oxidation sites excluding steroid dienone is 2. The molecule has 3 heteroatoms. The van der Waals surface area contributed by atoms with Crippen molar-refractivity contribution >= 4 is 12.3 Å². The zero-order valence-corrected chi connectivity index (χ0v) is 7.73. The number of carbonyl (C=O) groups is 2. The van der Waals surface area contributed by atoms with E-state index in [4.69, 9.17) is 0 Å². The van der Waals surface area contributed by atoms with Gasteiger partial charge >= 0.3 is 5.97 Å². The van der Waals surface area contributed by atoms with Crippen molar-refractivity contribution in [3.63, 3.8) is 0 Å². The molecule has 2 atom stereocenters. The molecule has 0 amide bonds. The fourth-order valence-electron chi connectivity index (χ4n) is 1.63. The topological polar surface area (TPSA) is 43.4 Å². The summed E-state index contributed by atoms with van der Waals surface area (Å²) in [6.07, 6.45) is 6.84. The summed E-state index contributed by atoms with van der Waals surface area (Å²) in [5, 5.41) is 0. The number of hydrogen-bond donors (Lipinski definition) is 0. The van der Waals surface area contributed by atoms with Gasteiger partial charge < -0.3 is 9.53 Å². The lowest BCUT2D eigenvalue weighted by Crippen LogP contribution is -2.21. The minimum Gasteiger partial charge on any atom is -0.469 e. The summed E-state index contributed by atoms with van der Waals surface area (Å²) in [6.45, 7) is 0. The van der Waals surface area contributed by atoms with Gasteiger partial charge in [-0.1, -0.05) is 12.2 Å². The van der Waals surface area contributed by atoms with E-state index < -0.39 is 0 Å². The highest BCUT2D eigenvalue weighted by atomic mass is 16.5. The van der Waals surface area contributed by atoms with Gasteiger partial charge in [0.15, 0.2) is 0 Å². The molecule has 0 N–H and O–H groups in total. The second-order valence-corrected chi connectivity index (χ2v) is 3.28. The Balaban J connectivity index is 2.50. The molecule has 0 spiro atoms. The Bertz CT molecular complexity index is 220. The third kappa shape index (κ3) is 2.68. The minimum absolute atomic E-state index is 0.0556. The Hall–Kier alpha value is -1.12. The van der Waals surface area contributed by atoms with Crippen molar-refractivity contribution in [1.29, 1.82) is 0 Å². The number of carbonyl (C=O) groups excluding carboxylic acids is 2. The maximum atomic E-state index is 11.2. The molecule has 0 aromatic rings. The SMILES string of the molecule is COC(=O)C1CC=CC(CC=O)C1. The molecule has 0 aliphatic heterocycles. The van der Waals surface area contributed by atoms with E-state index in [0.717, 1.165) is 19.1 Å². The minimum atomic E-state index is -0.166. The first kappa shape index (κ1) is 9.96. The third-order valence-electron chi connectivity index (χ3n) is 2.35. The zero-order chi connectivity index (χ0) is 9.68. The van der Waals surface area contributed by atoms with E-state index in [1.54, 1.807) is 0 Å². The molecule has 0 heterocycles. The van der Waals surface area contributed by atoms with E-state index >= 15 is 0 Å². The maximum Gasteiger partial charge on any atom is 0.308 e. The second kappa shape index (κ2) is 4.80. The molecule has 1 aliphatic carbocycles. The van der Waals surface area contributed by atoms with Crippen LogP contribution in [0.3, 0.4) is 0 Å². The van der Waals surface area contributed by atoms with Crippen LogP contribution >= 0.6 is 0 Å². The Morgan fingerprint density at radius 1 is 1.69 bits per heavy atom. The summed E-state index contributed by atoms with van der Waals surface area (Å²) >= 11 is 0. The highest BCUT2D eigenvalue weighted by Crippen LogP contribution is 2.25.